The number of alkyl halides is 3. The number of rotatable bonds is 6. The molecule has 0 aliphatic carbocycles. The molecule has 2 aromatic rings. The van der Waals surface area contributed by atoms with E-state index in [1.807, 2.05) is 0 Å². The van der Waals surface area contributed by atoms with E-state index < -0.39 is 41.1 Å². The molecule has 0 spiro atoms. The summed E-state index contributed by atoms with van der Waals surface area (Å²) in [7, 11) is 1.18. The number of fused-ring (bicyclic) bond motifs is 1. The van der Waals surface area contributed by atoms with Crippen molar-refractivity contribution in [3.63, 3.8) is 0 Å². The number of aryl methyl sites for hydroxylation is 2. The molecule has 0 bridgehead atoms. The molecule has 2 amide bonds. The van der Waals surface area contributed by atoms with Crippen LogP contribution in [0.1, 0.15) is 21.2 Å². The fraction of sp³-hybridized carbons (Fsp3) is 0.412. The molecule has 1 saturated heterocycles. The summed E-state index contributed by atoms with van der Waals surface area (Å²) in [6, 6.07) is -0.474. The van der Waals surface area contributed by atoms with E-state index in [9.17, 15) is 32.7 Å². The lowest BCUT2D eigenvalue weighted by atomic mass is 10.0. The monoisotopic (exact) mass is 520 g/mol. The summed E-state index contributed by atoms with van der Waals surface area (Å²) < 4.78 is 40.0. The van der Waals surface area contributed by atoms with Crippen LogP contribution in [0.25, 0.3) is 0 Å². The minimum atomic E-state index is -4.72. The molecule has 2 aliphatic rings. The van der Waals surface area contributed by atoms with Gasteiger partial charge >= 0.3 is 12.1 Å². The highest BCUT2D eigenvalue weighted by Gasteiger charge is 2.54. The second-order valence-corrected chi connectivity index (χ2v) is 10.5. The largest absolute Gasteiger partial charge is 0.477 e. The Morgan fingerprint density at radius 2 is 2.09 bits per heavy atom. The van der Waals surface area contributed by atoms with Gasteiger partial charge in [0.15, 0.2) is 10.0 Å². The Balaban J connectivity index is 1.48. The van der Waals surface area contributed by atoms with Crippen LogP contribution in [0.5, 0.6) is 0 Å². The van der Waals surface area contributed by atoms with Crippen LogP contribution in [0.4, 0.5) is 13.2 Å². The number of carboxylic acid groups (broad SMARTS) is 1. The number of aliphatic carboxylic acids is 1. The number of hydrogen-bond acceptors (Lipinski definition) is 9. The van der Waals surface area contributed by atoms with Crippen LogP contribution in [0.2, 0.25) is 0 Å². The van der Waals surface area contributed by atoms with Gasteiger partial charge in [-0.05, 0) is 12.5 Å². The molecule has 10 nitrogen and oxygen atoms in total. The molecule has 0 saturated carbocycles. The van der Waals surface area contributed by atoms with Crippen molar-refractivity contribution < 1.29 is 32.7 Å². The van der Waals surface area contributed by atoms with Crippen LogP contribution in [0, 0.1) is 6.92 Å². The van der Waals surface area contributed by atoms with Gasteiger partial charge in [0, 0.05) is 24.6 Å². The number of hydrogen-bond donors (Lipinski definition) is 2. The van der Waals surface area contributed by atoms with Crippen molar-refractivity contribution in [2.24, 2.45) is 7.05 Å². The first-order valence-electron chi connectivity index (χ1n) is 9.22. The zero-order chi connectivity index (χ0) is 24.1. The Morgan fingerprint density at radius 3 is 2.67 bits per heavy atom. The van der Waals surface area contributed by atoms with Crippen molar-refractivity contribution in [2.75, 3.05) is 11.5 Å². The van der Waals surface area contributed by atoms with Crippen molar-refractivity contribution in [1.29, 1.82) is 0 Å². The lowest BCUT2D eigenvalue weighted by molar-refractivity contribution is -0.148. The Bertz CT molecular complexity index is 1180. The standard InChI is InChI=1S/C17H15F3N6O4S3/c1-6-22-23-16(33-6)32-5-7-4-31-14-10(13(28)26(14)11(7)15(29)30)21-12(27)8-3-9(17(18,19)20)24-25(8)2/h3,10,14H,4-5H2,1-2H3,(H,21,27)(H,29,30)/t10-,14-/m0/s1. The molecule has 2 aromatic heterocycles. The molecule has 2 atom stereocenters. The van der Waals surface area contributed by atoms with Gasteiger partial charge in [-0.1, -0.05) is 23.1 Å². The Morgan fingerprint density at radius 1 is 1.36 bits per heavy atom. The third-order valence-electron chi connectivity index (χ3n) is 4.82. The summed E-state index contributed by atoms with van der Waals surface area (Å²) in [5.74, 6) is -2.23. The van der Waals surface area contributed by atoms with E-state index in [0.29, 0.717) is 27.5 Å². The molecule has 4 rings (SSSR count). The van der Waals surface area contributed by atoms with E-state index in [0.717, 1.165) is 14.6 Å². The fourth-order valence-corrected chi connectivity index (χ4v) is 6.61. The zero-order valence-electron chi connectivity index (χ0n) is 16.9. The van der Waals surface area contributed by atoms with Gasteiger partial charge in [0.25, 0.3) is 11.8 Å². The van der Waals surface area contributed by atoms with Gasteiger partial charge in [-0.25, -0.2) is 4.79 Å². The summed E-state index contributed by atoms with van der Waals surface area (Å²) >= 11 is 3.95. The molecule has 16 heteroatoms. The van der Waals surface area contributed by atoms with Crippen LogP contribution in [0.15, 0.2) is 21.7 Å². The first kappa shape index (κ1) is 23.6. The molecule has 2 N–H and O–H groups in total. The second-order valence-electron chi connectivity index (χ2n) is 7.03. The third kappa shape index (κ3) is 4.46. The predicted octanol–water partition coefficient (Wildman–Crippen LogP) is 1.74. The van der Waals surface area contributed by atoms with Crippen molar-refractivity contribution in [2.45, 2.75) is 28.9 Å². The highest BCUT2D eigenvalue weighted by atomic mass is 32.2. The number of carbonyl (C=O) groups excluding carboxylic acids is 2. The van der Waals surface area contributed by atoms with Crippen LogP contribution in [0.3, 0.4) is 0 Å². The van der Waals surface area contributed by atoms with E-state index in [4.69, 9.17) is 0 Å². The van der Waals surface area contributed by atoms with Gasteiger partial charge in [0.1, 0.15) is 27.8 Å². The predicted molar refractivity (Wildman–Crippen MR) is 113 cm³/mol. The first-order chi connectivity index (χ1) is 15.5. The number of carbonyl (C=O) groups is 3. The number of nitrogens with one attached hydrogen (secondary N) is 1. The molecular formula is C17H15F3N6O4S3. The molecule has 33 heavy (non-hydrogen) atoms. The summed E-state index contributed by atoms with van der Waals surface area (Å²) in [6.07, 6.45) is -4.72. The quantitative estimate of drug-likeness (QED) is 0.432. The van der Waals surface area contributed by atoms with Gasteiger partial charge in [-0.2, -0.15) is 18.3 Å². The van der Waals surface area contributed by atoms with Crippen LogP contribution < -0.4 is 5.32 Å². The summed E-state index contributed by atoms with van der Waals surface area (Å²) in [5, 5.41) is 23.4. The van der Waals surface area contributed by atoms with E-state index in [1.165, 1.54) is 41.9 Å². The normalized spacial score (nSPS) is 20.5. The average Bonchev–Trinajstić information content (AvgIpc) is 3.34. The lowest BCUT2D eigenvalue weighted by Gasteiger charge is -2.49. The number of aromatic nitrogens is 4. The van der Waals surface area contributed by atoms with Crippen molar-refractivity contribution in [1.82, 2.24) is 30.2 Å². The Hall–Kier alpha value is -2.59. The zero-order valence-corrected chi connectivity index (χ0v) is 19.4. The minimum Gasteiger partial charge on any atom is -0.477 e. The number of thioether (sulfide) groups is 2. The summed E-state index contributed by atoms with van der Waals surface area (Å²) in [4.78, 5) is 38.2. The maximum Gasteiger partial charge on any atom is 0.435 e. The fourth-order valence-electron chi connectivity index (χ4n) is 3.31. The highest BCUT2D eigenvalue weighted by molar-refractivity contribution is 8.01. The van der Waals surface area contributed by atoms with Crippen molar-refractivity contribution in [3.05, 3.63) is 33.7 Å². The molecule has 0 aromatic carbocycles. The average molecular weight is 521 g/mol. The summed E-state index contributed by atoms with van der Waals surface area (Å²) in [6.45, 7) is 1.80. The Labute approximate surface area is 196 Å². The second kappa shape index (κ2) is 8.64. The maximum absolute atomic E-state index is 12.9. The molecule has 1 fully saturated rings. The smallest absolute Gasteiger partial charge is 0.435 e. The van der Waals surface area contributed by atoms with Gasteiger partial charge in [0.05, 0.1) is 0 Å². The number of β-lactam (4-membered cyclic amide) rings is 1. The summed E-state index contributed by atoms with van der Waals surface area (Å²) in [5.41, 5.74) is -1.22. The van der Waals surface area contributed by atoms with E-state index >= 15 is 0 Å². The molecule has 176 valence electrons. The van der Waals surface area contributed by atoms with Crippen LogP contribution in [-0.2, 0) is 22.8 Å². The molecule has 0 unspecified atom stereocenters. The van der Waals surface area contributed by atoms with Crippen LogP contribution in [-0.4, -0.2) is 70.7 Å². The van der Waals surface area contributed by atoms with Crippen molar-refractivity contribution >= 4 is 52.6 Å². The van der Waals surface area contributed by atoms with E-state index in [-0.39, 0.29) is 11.4 Å². The Kier molecular flexibility index (Phi) is 6.17. The number of nitrogens with zero attached hydrogens (tertiary/aromatic N) is 5. The van der Waals surface area contributed by atoms with Gasteiger partial charge in [-0.3, -0.25) is 19.2 Å². The number of amides is 2. The van der Waals surface area contributed by atoms with Gasteiger partial charge in [0.2, 0.25) is 0 Å². The van der Waals surface area contributed by atoms with E-state index in [2.05, 4.69) is 20.6 Å². The van der Waals surface area contributed by atoms with Gasteiger partial charge in [-0.15, -0.1) is 22.0 Å². The third-order valence-corrected chi connectivity index (χ3v) is 8.21. The molecular weight excluding hydrogens is 505 g/mol. The highest BCUT2D eigenvalue weighted by Crippen LogP contribution is 2.42. The van der Waals surface area contributed by atoms with E-state index in [1.54, 1.807) is 6.92 Å². The molecule has 4 heterocycles. The first-order valence-corrected chi connectivity index (χ1v) is 12.1. The number of halogens is 3. The number of carboxylic acids is 1. The molecule has 0 radical (unpaired) electrons. The lowest BCUT2D eigenvalue weighted by Crippen LogP contribution is -2.70. The van der Waals surface area contributed by atoms with Gasteiger partial charge < -0.3 is 10.4 Å². The van der Waals surface area contributed by atoms with Crippen LogP contribution >= 0.6 is 34.9 Å². The minimum absolute atomic E-state index is 0.150. The molecule has 2 aliphatic heterocycles. The maximum atomic E-state index is 12.9. The SMILES string of the molecule is Cc1nnc(SCC2=C(C(=O)O)N3C(=O)[C@H](NC(=O)c4cc(C(F)(F)F)nn4C)[C@@H]3SC2)s1. The van der Waals surface area contributed by atoms with Crippen molar-refractivity contribution in [3.8, 4) is 0 Å². The topological polar surface area (TPSA) is 130 Å².